The van der Waals surface area contributed by atoms with Gasteiger partial charge >= 0.3 is 5.97 Å². The molecule has 3 atom stereocenters. The lowest BCUT2D eigenvalue weighted by Crippen LogP contribution is -2.12. The molecule has 0 aromatic rings. The number of hydrogen-bond donors (Lipinski definition) is 1. The lowest BCUT2D eigenvalue weighted by atomic mass is 10.0. The van der Waals surface area contributed by atoms with Gasteiger partial charge in [0.1, 0.15) is 0 Å². The van der Waals surface area contributed by atoms with Crippen LogP contribution in [0.3, 0.4) is 0 Å². The van der Waals surface area contributed by atoms with E-state index in [2.05, 4.69) is 0 Å². The SMILES string of the molecule is CC1(C)[C@H](C(=O)O)[C@H]1C1CCCO1. The Labute approximate surface area is 78.1 Å². The van der Waals surface area contributed by atoms with Gasteiger partial charge in [0.25, 0.3) is 0 Å². The number of carboxylic acid groups (broad SMARTS) is 1. The molecule has 1 unspecified atom stereocenters. The summed E-state index contributed by atoms with van der Waals surface area (Å²) in [7, 11) is 0. The Balaban J connectivity index is 2.05. The van der Waals surface area contributed by atoms with Gasteiger partial charge in [0.2, 0.25) is 0 Å². The monoisotopic (exact) mass is 184 g/mol. The van der Waals surface area contributed by atoms with Crippen molar-refractivity contribution >= 4 is 5.97 Å². The normalized spacial score (nSPS) is 41.8. The fourth-order valence-electron chi connectivity index (χ4n) is 2.73. The fourth-order valence-corrected chi connectivity index (χ4v) is 2.73. The summed E-state index contributed by atoms with van der Waals surface area (Å²) >= 11 is 0. The lowest BCUT2D eigenvalue weighted by Gasteiger charge is -2.09. The topological polar surface area (TPSA) is 46.5 Å². The van der Waals surface area contributed by atoms with Crippen LogP contribution >= 0.6 is 0 Å². The van der Waals surface area contributed by atoms with Gasteiger partial charge in [0.05, 0.1) is 12.0 Å². The Bertz CT molecular complexity index is 228. The highest BCUT2D eigenvalue weighted by Crippen LogP contribution is 2.61. The third-order valence-electron chi connectivity index (χ3n) is 3.54. The molecule has 1 aliphatic heterocycles. The summed E-state index contributed by atoms with van der Waals surface area (Å²) in [6.45, 7) is 4.86. The number of ether oxygens (including phenoxy) is 1. The van der Waals surface area contributed by atoms with E-state index in [4.69, 9.17) is 9.84 Å². The van der Waals surface area contributed by atoms with Gasteiger partial charge in [-0.3, -0.25) is 4.79 Å². The van der Waals surface area contributed by atoms with Crippen LogP contribution in [0.4, 0.5) is 0 Å². The zero-order valence-corrected chi connectivity index (χ0v) is 8.12. The van der Waals surface area contributed by atoms with Crippen molar-refractivity contribution < 1.29 is 14.6 Å². The van der Waals surface area contributed by atoms with Gasteiger partial charge in [0, 0.05) is 12.5 Å². The Morgan fingerprint density at radius 3 is 2.62 bits per heavy atom. The first-order chi connectivity index (χ1) is 6.05. The summed E-state index contributed by atoms with van der Waals surface area (Å²) in [4.78, 5) is 10.9. The van der Waals surface area contributed by atoms with Crippen molar-refractivity contribution in [2.24, 2.45) is 17.3 Å². The van der Waals surface area contributed by atoms with Crippen LogP contribution in [-0.4, -0.2) is 23.8 Å². The number of carbonyl (C=O) groups is 1. The van der Waals surface area contributed by atoms with E-state index < -0.39 is 5.97 Å². The lowest BCUT2D eigenvalue weighted by molar-refractivity contribution is -0.139. The largest absolute Gasteiger partial charge is 0.481 e. The zero-order valence-electron chi connectivity index (χ0n) is 8.12. The van der Waals surface area contributed by atoms with E-state index in [0.717, 1.165) is 19.4 Å². The molecule has 3 nitrogen and oxygen atoms in total. The maximum Gasteiger partial charge on any atom is 0.307 e. The van der Waals surface area contributed by atoms with Crippen LogP contribution in [0.15, 0.2) is 0 Å². The molecule has 1 saturated heterocycles. The number of rotatable bonds is 2. The van der Waals surface area contributed by atoms with E-state index >= 15 is 0 Å². The minimum atomic E-state index is -0.662. The fraction of sp³-hybridized carbons (Fsp3) is 0.900. The van der Waals surface area contributed by atoms with Crippen molar-refractivity contribution in [3.63, 3.8) is 0 Å². The smallest absolute Gasteiger partial charge is 0.307 e. The Morgan fingerprint density at radius 2 is 2.23 bits per heavy atom. The molecular weight excluding hydrogens is 168 g/mol. The molecule has 1 aliphatic carbocycles. The van der Waals surface area contributed by atoms with E-state index in [-0.39, 0.29) is 23.4 Å². The van der Waals surface area contributed by atoms with Crippen LogP contribution in [-0.2, 0) is 9.53 Å². The first-order valence-electron chi connectivity index (χ1n) is 4.89. The number of hydrogen-bond acceptors (Lipinski definition) is 2. The molecule has 0 aromatic carbocycles. The van der Waals surface area contributed by atoms with Crippen molar-refractivity contribution in [1.82, 2.24) is 0 Å². The molecule has 0 spiro atoms. The highest BCUT2D eigenvalue weighted by Gasteiger charge is 2.65. The van der Waals surface area contributed by atoms with Crippen molar-refractivity contribution in [2.75, 3.05) is 6.61 Å². The van der Waals surface area contributed by atoms with Gasteiger partial charge in [0.15, 0.2) is 0 Å². The van der Waals surface area contributed by atoms with E-state index in [1.54, 1.807) is 0 Å². The first-order valence-corrected chi connectivity index (χ1v) is 4.89. The summed E-state index contributed by atoms with van der Waals surface area (Å²) in [5.74, 6) is -0.603. The van der Waals surface area contributed by atoms with Gasteiger partial charge in [-0.25, -0.2) is 0 Å². The summed E-state index contributed by atoms with van der Waals surface area (Å²) < 4.78 is 5.53. The molecule has 0 radical (unpaired) electrons. The molecule has 2 aliphatic rings. The minimum absolute atomic E-state index is 0.0547. The van der Waals surface area contributed by atoms with Crippen LogP contribution in [0.5, 0.6) is 0 Å². The number of aliphatic carboxylic acids is 1. The Kier molecular flexibility index (Phi) is 1.88. The second kappa shape index (κ2) is 2.71. The van der Waals surface area contributed by atoms with E-state index in [1.807, 2.05) is 13.8 Å². The Morgan fingerprint density at radius 1 is 1.54 bits per heavy atom. The van der Waals surface area contributed by atoms with Crippen LogP contribution in [0.2, 0.25) is 0 Å². The first kappa shape index (κ1) is 9.00. The van der Waals surface area contributed by atoms with Crippen molar-refractivity contribution in [3.05, 3.63) is 0 Å². The summed E-state index contributed by atoms with van der Waals surface area (Å²) in [5.41, 5.74) is -0.0547. The quantitative estimate of drug-likeness (QED) is 0.707. The minimum Gasteiger partial charge on any atom is -0.481 e. The van der Waals surface area contributed by atoms with E-state index in [9.17, 15) is 4.79 Å². The summed E-state index contributed by atoms with van der Waals surface area (Å²) in [5, 5.41) is 8.96. The molecule has 2 rings (SSSR count). The third kappa shape index (κ3) is 1.26. The van der Waals surface area contributed by atoms with Crippen molar-refractivity contribution in [3.8, 4) is 0 Å². The molecule has 1 saturated carbocycles. The van der Waals surface area contributed by atoms with Gasteiger partial charge in [-0.2, -0.15) is 0 Å². The van der Waals surface area contributed by atoms with E-state index in [1.165, 1.54) is 0 Å². The van der Waals surface area contributed by atoms with Crippen LogP contribution in [0.1, 0.15) is 26.7 Å². The molecule has 1 N–H and O–H groups in total. The van der Waals surface area contributed by atoms with E-state index in [0.29, 0.717) is 0 Å². The number of carboxylic acids is 1. The molecule has 0 amide bonds. The van der Waals surface area contributed by atoms with Gasteiger partial charge in [-0.1, -0.05) is 13.8 Å². The molecule has 2 fully saturated rings. The van der Waals surface area contributed by atoms with Crippen molar-refractivity contribution in [1.29, 1.82) is 0 Å². The predicted octanol–water partition coefficient (Wildman–Crippen LogP) is 1.52. The summed E-state index contributed by atoms with van der Waals surface area (Å²) in [6, 6.07) is 0. The molecular formula is C10H16O3. The van der Waals surface area contributed by atoms with Gasteiger partial charge in [-0.15, -0.1) is 0 Å². The van der Waals surface area contributed by atoms with Crippen molar-refractivity contribution in [2.45, 2.75) is 32.8 Å². The third-order valence-corrected chi connectivity index (χ3v) is 3.54. The predicted molar refractivity (Wildman–Crippen MR) is 47.4 cm³/mol. The molecule has 3 heteroatoms. The standard InChI is InChI=1S/C10H16O3/c1-10(2)7(8(10)9(11)12)6-4-3-5-13-6/h6-8H,3-5H2,1-2H3,(H,11,12)/t6?,7-,8+/m1/s1. The van der Waals surface area contributed by atoms with Gasteiger partial charge < -0.3 is 9.84 Å². The van der Waals surface area contributed by atoms with Crippen LogP contribution in [0, 0.1) is 17.3 Å². The zero-order chi connectivity index (χ0) is 9.64. The second-order valence-electron chi connectivity index (χ2n) is 4.71. The molecule has 0 aromatic heterocycles. The van der Waals surface area contributed by atoms with Crippen LogP contribution < -0.4 is 0 Å². The second-order valence-corrected chi connectivity index (χ2v) is 4.71. The molecule has 74 valence electrons. The average Bonchev–Trinajstić information content (AvgIpc) is 2.50. The maximum absolute atomic E-state index is 10.9. The molecule has 13 heavy (non-hydrogen) atoms. The Hall–Kier alpha value is -0.570. The molecule has 1 heterocycles. The van der Waals surface area contributed by atoms with Gasteiger partial charge in [-0.05, 0) is 18.3 Å². The average molecular weight is 184 g/mol. The maximum atomic E-state index is 10.9. The highest BCUT2D eigenvalue weighted by molar-refractivity contribution is 5.75. The highest BCUT2D eigenvalue weighted by atomic mass is 16.5. The van der Waals surface area contributed by atoms with Crippen LogP contribution in [0.25, 0.3) is 0 Å². The summed E-state index contributed by atoms with van der Waals surface area (Å²) in [6.07, 6.45) is 2.33. The molecule has 0 bridgehead atoms.